The molecule has 0 atom stereocenters. The molecule has 0 aliphatic heterocycles. The largest absolute Gasteiger partial charge is 0.440 e. The van der Waals surface area contributed by atoms with Gasteiger partial charge in [-0.25, -0.2) is 9.67 Å². The van der Waals surface area contributed by atoms with Crippen molar-refractivity contribution in [3.63, 3.8) is 0 Å². The molecule has 0 radical (unpaired) electrons. The van der Waals surface area contributed by atoms with Gasteiger partial charge in [0, 0.05) is 16.7 Å². The molecule has 4 rings (SSSR count). The van der Waals surface area contributed by atoms with Gasteiger partial charge < -0.3 is 9.73 Å². The van der Waals surface area contributed by atoms with Gasteiger partial charge >= 0.3 is 0 Å². The Morgan fingerprint density at radius 1 is 1.15 bits per heavy atom. The fourth-order valence-corrected chi connectivity index (χ4v) is 2.60. The van der Waals surface area contributed by atoms with Gasteiger partial charge in [-0.1, -0.05) is 26.8 Å². The van der Waals surface area contributed by atoms with Crippen LogP contribution in [0.1, 0.15) is 37.0 Å². The van der Waals surface area contributed by atoms with Crippen LogP contribution in [0, 0.1) is 0 Å². The Morgan fingerprint density at radius 2 is 2.00 bits per heavy atom. The first kappa shape index (κ1) is 16.9. The lowest BCUT2D eigenvalue weighted by Gasteiger charge is -2.11. The minimum atomic E-state index is -0.233. The predicted octanol–water partition coefficient (Wildman–Crippen LogP) is 3.35. The highest BCUT2D eigenvalue weighted by molar-refractivity contribution is 6.05. The van der Waals surface area contributed by atoms with E-state index in [1.807, 2.05) is 32.9 Å². The number of carbonyl (C=O) groups excluding carboxylic acids is 1. The van der Waals surface area contributed by atoms with Crippen LogP contribution in [0.2, 0.25) is 0 Å². The van der Waals surface area contributed by atoms with Crippen molar-refractivity contribution in [3.05, 3.63) is 60.2 Å². The quantitative estimate of drug-likeness (QED) is 0.600. The molecule has 0 spiro atoms. The van der Waals surface area contributed by atoms with Crippen LogP contribution >= 0.6 is 0 Å². The number of nitrogens with one attached hydrogen (secondary N) is 1. The maximum atomic E-state index is 12.6. The van der Waals surface area contributed by atoms with Crippen LogP contribution in [0.15, 0.2) is 53.2 Å². The van der Waals surface area contributed by atoms with Gasteiger partial charge in [-0.3, -0.25) is 4.79 Å². The van der Waals surface area contributed by atoms with Crippen LogP contribution in [0.4, 0.5) is 5.69 Å². The van der Waals surface area contributed by atoms with Crippen molar-refractivity contribution in [2.75, 3.05) is 5.32 Å². The molecule has 4 aromatic rings. The summed E-state index contributed by atoms with van der Waals surface area (Å²) >= 11 is 0. The van der Waals surface area contributed by atoms with E-state index in [1.165, 1.54) is 11.0 Å². The highest BCUT2D eigenvalue weighted by atomic mass is 16.3. The number of hydrogen-bond donors (Lipinski definition) is 1. The van der Waals surface area contributed by atoms with Gasteiger partial charge in [0.25, 0.3) is 5.91 Å². The molecule has 27 heavy (non-hydrogen) atoms. The average molecular weight is 362 g/mol. The van der Waals surface area contributed by atoms with Gasteiger partial charge in [-0.2, -0.15) is 0 Å². The van der Waals surface area contributed by atoms with Crippen LogP contribution < -0.4 is 5.32 Å². The van der Waals surface area contributed by atoms with Crippen molar-refractivity contribution in [2.24, 2.45) is 0 Å². The van der Waals surface area contributed by atoms with Crippen LogP contribution in [-0.2, 0) is 5.41 Å². The molecular weight excluding hydrogens is 344 g/mol. The predicted molar refractivity (Wildman–Crippen MR) is 99.8 cm³/mol. The van der Waals surface area contributed by atoms with E-state index in [0.29, 0.717) is 33.9 Å². The molecule has 8 heteroatoms. The van der Waals surface area contributed by atoms with Crippen molar-refractivity contribution in [1.29, 1.82) is 0 Å². The summed E-state index contributed by atoms with van der Waals surface area (Å²) in [6, 6.07) is 12.5. The lowest BCUT2D eigenvalue weighted by atomic mass is 9.97. The number of hydrogen-bond acceptors (Lipinski definition) is 6. The molecular formula is C19H18N6O2. The molecule has 1 N–H and O–H groups in total. The monoisotopic (exact) mass is 362 g/mol. The maximum Gasteiger partial charge on any atom is 0.255 e. The highest BCUT2D eigenvalue weighted by Gasteiger charge is 2.21. The zero-order chi connectivity index (χ0) is 19.0. The second kappa shape index (κ2) is 6.31. The number of rotatable bonds is 3. The number of aromatic nitrogens is 5. The van der Waals surface area contributed by atoms with Gasteiger partial charge in [0.2, 0.25) is 5.89 Å². The first-order valence-corrected chi connectivity index (χ1v) is 8.46. The lowest BCUT2D eigenvalue weighted by Crippen LogP contribution is -2.12. The van der Waals surface area contributed by atoms with E-state index in [0.717, 1.165) is 0 Å². The summed E-state index contributed by atoms with van der Waals surface area (Å²) in [5.41, 5.74) is 3.07. The van der Waals surface area contributed by atoms with Crippen LogP contribution in [0.3, 0.4) is 0 Å². The molecule has 0 saturated heterocycles. The molecule has 2 aromatic heterocycles. The molecule has 0 fully saturated rings. The normalized spacial score (nSPS) is 11.7. The van der Waals surface area contributed by atoms with E-state index < -0.39 is 0 Å². The summed E-state index contributed by atoms with van der Waals surface area (Å²) in [5.74, 6) is 0.430. The number of fused-ring (bicyclic) bond motifs is 1. The van der Waals surface area contributed by atoms with E-state index in [4.69, 9.17) is 4.42 Å². The van der Waals surface area contributed by atoms with Crippen molar-refractivity contribution in [1.82, 2.24) is 25.2 Å². The number of benzene rings is 2. The first-order valence-electron chi connectivity index (χ1n) is 8.46. The van der Waals surface area contributed by atoms with Gasteiger partial charge in [0.05, 0.1) is 5.69 Å². The summed E-state index contributed by atoms with van der Waals surface area (Å²) in [4.78, 5) is 17.1. The Kier molecular flexibility index (Phi) is 3.95. The molecule has 0 unspecified atom stereocenters. The highest BCUT2D eigenvalue weighted by Crippen LogP contribution is 2.27. The van der Waals surface area contributed by atoms with Gasteiger partial charge in [-0.15, -0.1) is 5.10 Å². The topological polar surface area (TPSA) is 98.7 Å². The fraction of sp³-hybridized carbons (Fsp3) is 0.211. The second-order valence-electron chi connectivity index (χ2n) is 7.21. The van der Waals surface area contributed by atoms with E-state index in [9.17, 15) is 4.79 Å². The fourth-order valence-electron chi connectivity index (χ4n) is 2.60. The molecule has 8 nitrogen and oxygen atoms in total. The van der Waals surface area contributed by atoms with Crippen molar-refractivity contribution in [3.8, 4) is 5.69 Å². The van der Waals surface area contributed by atoms with E-state index in [1.54, 1.807) is 30.3 Å². The maximum absolute atomic E-state index is 12.6. The Balaban J connectivity index is 1.58. The molecule has 0 aliphatic carbocycles. The Morgan fingerprint density at radius 3 is 2.74 bits per heavy atom. The third kappa shape index (κ3) is 3.41. The lowest BCUT2D eigenvalue weighted by molar-refractivity contribution is 0.102. The van der Waals surface area contributed by atoms with Crippen LogP contribution in [-0.4, -0.2) is 31.1 Å². The average Bonchev–Trinajstić information content (AvgIpc) is 3.31. The Hall–Kier alpha value is -3.55. The molecule has 0 saturated carbocycles. The molecule has 136 valence electrons. The summed E-state index contributed by atoms with van der Waals surface area (Å²) in [5, 5.41) is 13.9. The number of nitrogens with zero attached hydrogens (tertiary/aromatic N) is 5. The summed E-state index contributed by atoms with van der Waals surface area (Å²) in [6.45, 7) is 6.12. The van der Waals surface area contributed by atoms with Gasteiger partial charge in [0.15, 0.2) is 5.58 Å². The zero-order valence-electron chi connectivity index (χ0n) is 15.2. The number of tetrazole rings is 1. The number of carbonyl (C=O) groups is 1. The van der Waals surface area contributed by atoms with Gasteiger partial charge in [0.1, 0.15) is 11.8 Å². The van der Waals surface area contributed by atoms with Crippen molar-refractivity contribution in [2.45, 2.75) is 26.2 Å². The molecule has 0 aliphatic rings. The minimum Gasteiger partial charge on any atom is -0.440 e. The minimum absolute atomic E-state index is 0.181. The van der Waals surface area contributed by atoms with E-state index in [-0.39, 0.29) is 11.3 Å². The molecule has 0 bridgehead atoms. The molecule has 2 aromatic carbocycles. The second-order valence-corrected chi connectivity index (χ2v) is 7.21. The van der Waals surface area contributed by atoms with Crippen molar-refractivity contribution < 1.29 is 9.21 Å². The Labute approximate surface area is 155 Å². The molecule has 2 heterocycles. The van der Waals surface area contributed by atoms with Crippen LogP contribution in [0.5, 0.6) is 0 Å². The number of amides is 1. The number of anilines is 1. The van der Waals surface area contributed by atoms with Crippen molar-refractivity contribution >= 4 is 22.7 Å². The summed E-state index contributed by atoms with van der Waals surface area (Å²) in [7, 11) is 0. The third-order valence-corrected chi connectivity index (χ3v) is 4.01. The van der Waals surface area contributed by atoms with E-state index >= 15 is 0 Å². The third-order valence-electron chi connectivity index (χ3n) is 4.01. The summed E-state index contributed by atoms with van der Waals surface area (Å²) < 4.78 is 7.28. The molecule has 1 amide bonds. The number of oxazole rings is 1. The SMILES string of the molecule is CC(C)(C)c1nc2cc(NC(=O)c3cccc(-n4cnnn4)c3)ccc2o1. The zero-order valence-corrected chi connectivity index (χ0v) is 15.2. The smallest absolute Gasteiger partial charge is 0.255 e. The summed E-state index contributed by atoms with van der Waals surface area (Å²) in [6.07, 6.45) is 1.47. The van der Waals surface area contributed by atoms with Crippen LogP contribution in [0.25, 0.3) is 16.8 Å². The first-order chi connectivity index (χ1) is 12.9. The Bertz CT molecular complexity index is 1110. The van der Waals surface area contributed by atoms with Gasteiger partial charge in [-0.05, 0) is 46.8 Å². The standard InChI is InChI=1S/C19H18N6O2/c1-19(2,3)18-22-15-10-13(7-8-16(15)27-18)21-17(26)12-5-4-6-14(9-12)25-11-20-23-24-25/h4-11H,1-3H3,(H,21,26). The van der Waals surface area contributed by atoms with E-state index in [2.05, 4.69) is 25.8 Å².